The third-order valence-electron chi connectivity index (χ3n) is 4.12. The molecule has 0 N–H and O–H groups in total. The minimum Gasteiger partial charge on any atom is -0.459 e. The van der Waals surface area contributed by atoms with E-state index in [0.717, 1.165) is 0 Å². The van der Waals surface area contributed by atoms with E-state index in [9.17, 15) is 14.4 Å². The van der Waals surface area contributed by atoms with Crippen molar-refractivity contribution in [3.63, 3.8) is 0 Å². The molecular weight excluding hydrogens is 364 g/mol. The first-order valence-corrected chi connectivity index (χ1v) is 8.84. The summed E-state index contributed by atoms with van der Waals surface area (Å²) >= 11 is 0. The van der Waals surface area contributed by atoms with E-state index >= 15 is 0 Å². The summed E-state index contributed by atoms with van der Waals surface area (Å²) in [5.74, 6) is -1.56. The highest BCUT2D eigenvalue weighted by Gasteiger charge is 2.40. The van der Waals surface area contributed by atoms with Crippen molar-refractivity contribution < 1.29 is 33.3 Å². The standard InChI is InChI=1S/C21H20O7/c1-14(22)26-19-12-17(28-21(24)16-10-6-3-7-11-16)18(27-19)13-25-20(23)15-8-4-2-5-9-15/h2-11,17-19H,12-13H2,1H3/t17-,18+,19-/m0/s1. The van der Waals surface area contributed by atoms with Gasteiger partial charge in [-0.15, -0.1) is 0 Å². The van der Waals surface area contributed by atoms with Gasteiger partial charge in [0.25, 0.3) is 0 Å². The minimum absolute atomic E-state index is 0.141. The average molecular weight is 384 g/mol. The Morgan fingerprint density at radius 2 is 1.46 bits per heavy atom. The third kappa shape index (κ3) is 5.17. The van der Waals surface area contributed by atoms with Crippen LogP contribution in [0.4, 0.5) is 0 Å². The van der Waals surface area contributed by atoms with Gasteiger partial charge in [0, 0.05) is 6.92 Å². The van der Waals surface area contributed by atoms with Crippen LogP contribution in [0.15, 0.2) is 60.7 Å². The second-order valence-corrected chi connectivity index (χ2v) is 6.22. The van der Waals surface area contributed by atoms with E-state index in [2.05, 4.69) is 0 Å². The molecule has 0 aliphatic carbocycles. The van der Waals surface area contributed by atoms with Crippen LogP contribution in [0.5, 0.6) is 0 Å². The Bertz CT molecular complexity index is 819. The summed E-state index contributed by atoms with van der Waals surface area (Å²) in [7, 11) is 0. The van der Waals surface area contributed by atoms with Crippen molar-refractivity contribution in [2.75, 3.05) is 6.61 Å². The number of ether oxygens (including phenoxy) is 4. The predicted octanol–water partition coefficient (Wildman–Crippen LogP) is 2.75. The van der Waals surface area contributed by atoms with Gasteiger partial charge < -0.3 is 18.9 Å². The van der Waals surface area contributed by atoms with Crippen LogP contribution < -0.4 is 0 Å². The molecule has 3 atom stereocenters. The fourth-order valence-electron chi connectivity index (χ4n) is 2.81. The van der Waals surface area contributed by atoms with Crippen LogP contribution >= 0.6 is 0 Å². The van der Waals surface area contributed by atoms with Crippen LogP contribution in [0.3, 0.4) is 0 Å². The molecule has 0 aromatic heterocycles. The van der Waals surface area contributed by atoms with Crippen molar-refractivity contribution in [3.05, 3.63) is 71.8 Å². The van der Waals surface area contributed by atoms with Gasteiger partial charge in [0.1, 0.15) is 18.8 Å². The summed E-state index contributed by atoms with van der Waals surface area (Å²) in [4.78, 5) is 35.7. The highest BCUT2D eigenvalue weighted by atomic mass is 16.7. The van der Waals surface area contributed by atoms with Crippen molar-refractivity contribution in [2.24, 2.45) is 0 Å². The highest BCUT2D eigenvalue weighted by molar-refractivity contribution is 5.90. The lowest BCUT2D eigenvalue weighted by Crippen LogP contribution is -2.32. The summed E-state index contributed by atoms with van der Waals surface area (Å²) in [6.07, 6.45) is -2.18. The topological polar surface area (TPSA) is 88.1 Å². The fraction of sp³-hybridized carbons (Fsp3) is 0.286. The van der Waals surface area contributed by atoms with Gasteiger partial charge in [0.05, 0.1) is 17.5 Å². The first-order chi connectivity index (χ1) is 13.5. The van der Waals surface area contributed by atoms with Gasteiger partial charge in [-0.2, -0.15) is 0 Å². The molecule has 0 bridgehead atoms. The highest BCUT2D eigenvalue weighted by Crippen LogP contribution is 2.26. The van der Waals surface area contributed by atoms with Gasteiger partial charge in [-0.25, -0.2) is 9.59 Å². The van der Waals surface area contributed by atoms with Gasteiger partial charge >= 0.3 is 17.9 Å². The number of carbonyl (C=O) groups excluding carboxylic acids is 3. The summed E-state index contributed by atoms with van der Waals surface area (Å²) in [6.45, 7) is 1.12. The Morgan fingerprint density at radius 3 is 2.04 bits per heavy atom. The fourth-order valence-corrected chi connectivity index (χ4v) is 2.81. The molecule has 1 aliphatic heterocycles. The van der Waals surface area contributed by atoms with E-state index in [1.54, 1.807) is 60.7 Å². The second-order valence-electron chi connectivity index (χ2n) is 6.22. The van der Waals surface area contributed by atoms with E-state index in [1.165, 1.54) is 6.92 Å². The lowest BCUT2D eigenvalue weighted by molar-refractivity contribution is -0.175. The first-order valence-electron chi connectivity index (χ1n) is 8.84. The maximum Gasteiger partial charge on any atom is 0.338 e. The number of hydrogen-bond donors (Lipinski definition) is 0. The first kappa shape index (κ1) is 19.6. The van der Waals surface area contributed by atoms with Crippen molar-refractivity contribution in [1.82, 2.24) is 0 Å². The Hall–Kier alpha value is -3.19. The molecule has 0 unspecified atom stereocenters. The van der Waals surface area contributed by atoms with Gasteiger partial charge in [-0.05, 0) is 24.3 Å². The molecule has 3 rings (SSSR count). The van der Waals surface area contributed by atoms with Crippen molar-refractivity contribution in [3.8, 4) is 0 Å². The van der Waals surface area contributed by atoms with E-state index in [1.807, 2.05) is 0 Å². The summed E-state index contributed by atoms with van der Waals surface area (Å²) in [5, 5.41) is 0. The SMILES string of the molecule is CC(=O)O[C@@H]1C[C@H](OC(=O)c2ccccc2)[C@@H](COC(=O)c2ccccc2)O1. The maximum absolute atomic E-state index is 12.3. The van der Waals surface area contributed by atoms with E-state index < -0.39 is 36.4 Å². The van der Waals surface area contributed by atoms with E-state index in [-0.39, 0.29) is 13.0 Å². The zero-order valence-corrected chi connectivity index (χ0v) is 15.3. The van der Waals surface area contributed by atoms with Crippen molar-refractivity contribution >= 4 is 17.9 Å². The molecule has 1 heterocycles. The van der Waals surface area contributed by atoms with Crippen LogP contribution in [0.1, 0.15) is 34.1 Å². The maximum atomic E-state index is 12.3. The largest absolute Gasteiger partial charge is 0.459 e. The van der Waals surface area contributed by atoms with Crippen LogP contribution in [-0.2, 0) is 23.7 Å². The second kappa shape index (κ2) is 9.14. The molecule has 7 heteroatoms. The molecule has 2 aromatic carbocycles. The van der Waals surface area contributed by atoms with Crippen LogP contribution in [0.2, 0.25) is 0 Å². The quantitative estimate of drug-likeness (QED) is 0.559. The van der Waals surface area contributed by atoms with Crippen LogP contribution in [-0.4, -0.2) is 43.0 Å². The number of esters is 3. The molecule has 0 amide bonds. The van der Waals surface area contributed by atoms with Gasteiger partial charge in [0.2, 0.25) is 6.29 Å². The molecular formula is C21H20O7. The van der Waals surface area contributed by atoms with Crippen LogP contribution in [0.25, 0.3) is 0 Å². The molecule has 7 nitrogen and oxygen atoms in total. The van der Waals surface area contributed by atoms with Crippen molar-refractivity contribution in [1.29, 1.82) is 0 Å². The number of carbonyl (C=O) groups is 3. The molecule has 0 radical (unpaired) electrons. The Morgan fingerprint density at radius 1 is 0.893 bits per heavy atom. The Kier molecular flexibility index (Phi) is 6.39. The number of hydrogen-bond acceptors (Lipinski definition) is 7. The monoisotopic (exact) mass is 384 g/mol. The average Bonchev–Trinajstić information content (AvgIpc) is 3.07. The van der Waals surface area contributed by atoms with Gasteiger partial charge in [0.15, 0.2) is 0 Å². The summed E-state index contributed by atoms with van der Waals surface area (Å²) in [6, 6.07) is 17.0. The van der Waals surface area contributed by atoms with Gasteiger partial charge in [-0.1, -0.05) is 36.4 Å². The molecule has 2 aromatic rings. The third-order valence-corrected chi connectivity index (χ3v) is 4.12. The Labute approximate surface area is 162 Å². The van der Waals surface area contributed by atoms with Gasteiger partial charge in [-0.3, -0.25) is 4.79 Å². The lowest BCUT2D eigenvalue weighted by Gasteiger charge is -2.18. The molecule has 1 fully saturated rings. The van der Waals surface area contributed by atoms with E-state index in [0.29, 0.717) is 11.1 Å². The molecule has 1 saturated heterocycles. The van der Waals surface area contributed by atoms with E-state index in [4.69, 9.17) is 18.9 Å². The molecule has 0 saturated carbocycles. The molecule has 1 aliphatic rings. The lowest BCUT2D eigenvalue weighted by atomic mass is 10.1. The number of benzene rings is 2. The molecule has 146 valence electrons. The smallest absolute Gasteiger partial charge is 0.338 e. The summed E-state index contributed by atoms with van der Waals surface area (Å²) < 4.78 is 21.5. The zero-order chi connectivity index (χ0) is 19.9. The Balaban J connectivity index is 1.64. The van der Waals surface area contributed by atoms with Crippen LogP contribution in [0, 0.1) is 0 Å². The predicted molar refractivity (Wildman–Crippen MR) is 97.4 cm³/mol. The summed E-state index contributed by atoms with van der Waals surface area (Å²) in [5.41, 5.74) is 0.785. The molecule has 28 heavy (non-hydrogen) atoms. The minimum atomic E-state index is -0.869. The van der Waals surface area contributed by atoms with Crippen molar-refractivity contribution in [2.45, 2.75) is 31.8 Å². The number of rotatable bonds is 6. The molecule has 0 spiro atoms. The normalized spacial score (nSPS) is 21.0. The zero-order valence-electron chi connectivity index (χ0n) is 15.3.